The highest BCUT2D eigenvalue weighted by Gasteiger charge is 2.34. The van der Waals surface area contributed by atoms with Gasteiger partial charge in [-0.2, -0.15) is 4.80 Å². The number of ether oxygens (including phenoxy) is 1. The van der Waals surface area contributed by atoms with Gasteiger partial charge in [0.1, 0.15) is 24.2 Å². The first-order valence-electron chi connectivity index (χ1n) is 13.9. The minimum absolute atomic E-state index is 0.00972. The quantitative estimate of drug-likeness (QED) is 0.267. The van der Waals surface area contributed by atoms with Crippen LogP contribution in [-0.4, -0.2) is 50.1 Å². The SMILES string of the molecule is COc1ccc(-c2nnn(CC(=O)N(Cc3ccccc3Cl)[C@@H](C(=O)NC3CCCCC3)c3ccc(F)cc3)n2)cc1. The number of carbonyl (C=O) groups is 2. The van der Waals surface area contributed by atoms with E-state index in [-0.39, 0.29) is 25.0 Å². The molecule has 1 heterocycles. The Balaban J connectivity index is 1.46. The fourth-order valence-corrected chi connectivity index (χ4v) is 5.35. The van der Waals surface area contributed by atoms with E-state index in [0.29, 0.717) is 33.3 Å². The maximum absolute atomic E-state index is 14.0. The van der Waals surface area contributed by atoms with Crippen LogP contribution in [-0.2, 0) is 22.7 Å². The Bertz CT molecular complexity index is 1510. The van der Waals surface area contributed by atoms with Crippen LogP contribution in [0.1, 0.15) is 49.3 Å². The predicted octanol–water partition coefficient (Wildman–Crippen LogP) is 5.36. The Morgan fingerprint density at radius 2 is 1.76 bits per heavy atom. The molecule has 1 N–H and O–H groups in total. The van der Waals surface area contributed by atoms with Gasteiger partial charge in [-0.15, -0.1) is 10.2 Å². The number of hydrogen-bond donors (Lipinski definition) is 1. The Hall–Kier alpha value is -4.31. The zero-order valence-electron chi connectivity index (χ0n) is 23.2. The number of tetrazole rings is 1. The van der Waals surface area contributed by atoms with Crippen LogP contribution in [0.4, 0.5) is 4.39 Å². The summed E-state index contributed by atoms with van der Waals surface area (Å²) < 4.78 is 19.1. The van der Waals surface area contributed by atoms with Crippen LogP contribution in [0.2, 0.25) is 5.02 Å². The number of hydrogen-bond acceptors (Lipinski definition) is 6. The van der Waals surface area contributed by atoms with Crippen molar-refractivity contribution in [1.29, 1.82) is 0 Å². The van der Waals surface area contributed by atoms with Gasteiger partial charge in [0.15, 0.2) is 0 Å². The van der Waals surface area contributed by atoms with Crippen LogP contribution in [0, 0.1) is 5.82 Å². The molecule has 4 aromatic rings. The minimum atomic E-state index is -1.04. The summed E-state index contributed by atoms with van der Waals surface area (Å²) >= 11 is 6.50. The number of nitrogens with zero attached hydrogens (tertiary/aromatic N) is 5. The molecule has 0 bridgehead atoms. The van der Waals surface area contributed by atoms with E-state index in [4.69, 9.17) is 16.3 Å². The van der Waals surface area contributed by atoms with E-state index >= 15 is 0 Å². The third-order valence-corrected chi connectivity index (χ3v) is 7.76. The van der Waals surface area contributed by atoms with E-state index < -0.39 is 17.8 Å². The van der Waals surface area contributed by atoms with E-state index in [1.54, 1.807) is 49.6 Å². The smallest absolute Gasteiger partial charge is 0.247 e. The average Bonchev–Trinajstić information content (AvgIpc) is 3.47. The first kappa shape index (κ1) is 29.2. The second kappa shape index (κ2) is 13.6. The number of amides is 2. The Morgan fingerprint density at radius 3 is 2.45 bits per heavy atom. The van der Waals surface area contributed by atoms with Gasteiger partial charge in [-0.3, -0.25) is 9.59 Å². The fraction of sp³-hybridized carbons (Fsp3) is 0.323. The molecule has 0 spiro atoms. The van der Waals surface area contributed by atoms with Crippen molar-refractivity contribution in [2.45, 2.75) is 57.3 Å². The molecular weight excluding hydrogens is 559 g/mol. The molecule has 0 aliphatic heterocycles. The topological polar surface area (TPSA) is 102 Å². The van der Waals surface area contributed by atoms with Crippen molar-refractivity contribution in [3.8, 4) is 17.1 Å². The monoisotopic (exact) mass is 590 g/mol. The fourth-order valence-electron chi connectivity index (χ4n) is 5.16. The lowest BCUT2D eigenvalue weighted by Crippen LogP contribution is -2.47. The van der Waals surface area contributed by atoms with Crippen LogP contribution in [0.15, 0.2) is 72.8 Å². The second-order valence-electron chi connectivity index (χ2n) is 10.3. The molecule has 1 aliphatic rings. The van der Waals surface area contributed by atoms with E-state index in [1.807, 2.05) is 6.07 Å². The van der Waals surface area contributed by atoms with E-state index in [1.165, 1.54) is 34.0 Å². The minimum Gasteiger partial charge on any atom is -0.497 e. The number of carbonyl (C=O) groups excluding carboxylic acids is 2. The molecule has 1 aromatic heterocycles. The van der Waals surface area contributed by atoms with E-state index in [2.05, 4.69) is 20.7 Å². The van der Waals surface area contributed by atoms with Crippen molar-refractivity contribution in [2.75, 3.05) is 7.11 Å². The summed E-state index contributed by atoms with van der Waals surface area (Å²) in [5.41, 5.74) is 1.85. The van der Waals surface area contributed by atoms with Crippen molar-refractivity contribution in [2.24, 2.45) is 0 Å². The molecule has 218 valence electrons. The lowest BCUT2D eigenvalue weighted by molar-refractivity contribution is -0.142. The van der Waals surface area contributed by atoms with Gasteiger partial charge < -0.3 is 15.0 Å². The van der Waals surface area contributed by atoms with Crippen LogP contribution in [0.3, 0.4) is 0 Å². The first-order chi connectivity index (χ1) is 20.4. The number of aromatic nitrogens is 4. The molecule has 0 radical (unpaired) electrons. The molecule has 42 heavy (non-hydrogen) atoms. The van der Waals surface area contributed by atoms with E-state index in [9.17, 15) is 14.0 Å². The lowest BCUT2D eigenvalue weighted by Gasteiger charge is -2.33. The maximum Gasteiger partial charge on any atom is 0.247 e. The van der Waals surface area contributed by atoms with Crippen LogP contribution >= 0.6 is 11.6 Å². The van der Waals surface area contributed by atoms with Crippen molar-refractivity contribution in [3.63, 3.8) is 0 Å². The summed E-state index contributed by atoms with van der Waals surface area (Å²) in [7, 11) is 1.58. The number of halogens is 2. The number of methoxy groups -OCH3 is 1. The number of rotatable bonds is 10. The Labute approximate surface area is 248 Å². The summed E-state index contributed by atoms with van der Waals surface area (Å²) in [6, 6.07) is 18.9. The summed E-state index contributed by atoms with van der Waals surface area (Å²) in [6.07, 6.45) is 4.94. The van der Waals surface area contributed by atoms with Crippen LogP contribution in [0.5, 0.6) is 5.75 Å². The van der Waals surface area contributed by atoms with Gasteiger partial charge in [-0.25, -0.2) is 4.39 Å². The standard InChI is InChI=1S/C31H32ClFN6O3/c1-42-26-17-13-22(14-18-26)30-35-37-39(36-30)20-28(40)38(19-23-7-5-6-10-27(23)32)29(21-11-15-24(33)16-12-21)31(41)34-25-8-3-2-4-9-25/h5-7,10-18,25,29H,2-4,8-9,19-20H2,1H3,(H,34,41)/t29-/m1/s1. The molecule has 2 amide bonds. The summed E-state index contributed by atoms with van der Waals surface area (Å²) in [4.78, 5) is 30.6. The molecule has 0 saturated heterocycles. The third kappa shape index (κ3) is 7.12. The Morgan fingerprint density at radius 1 is 1.05 bits per heavy atom. The molecule has 0 unspecified atom stereocenters. The highest BCUT2D eigenvalue weighted by atomic mass is 35.5. The van der Waals surface area contributed by atoms with Crippen molar-refractivity contribution >= 4 is 23.4 Å². The van der Waals surface area contributed by atoms with Gasteiger partial charge >= 0.3 is 0 Å². The molecular formula is C31H32ClFN6O3. The largest absolute Gasteiger partial charge is 0.497 e. The molecule has 9 nitrogen and oxygen atoms in total. The molecule has 3 aromatic carbocycles. The van der Waals surface area contributed by atoms with Crippen molar-refractivity contribution < 1.29 is 18.7 Å². The average molecular weight is 591 g/mol. The van der Waals surface area contributed by atoms with Gasteiger partial charge in [0.25, 0.3) is 0 Å². The molecule has 11 heteroatoms. The highest BCUT2D eigenvalue weighted by molar-refractivity contribution is 6.31. The molecule has 1 saturated carbocycles. The zero-order valence-corrected chi connectivity index (χ0v) is 24.0. The molecule has 1 fully saturated rings. The summed E-state index contributed by atoms with van der Waals surface area (Å²) in [6.45, 7) is -0.235. The van der Waals surface area contributed by atoms with Crippen molar-refractivity contribution in [1.82, 2.24) is 30.4 Å². The van der Waals surface area contributed by atoms with Crippen molar-refractivity contribution in [3.05, 3.63) is 94.8 Å². The lowest BCUT2D eigenvalue weighted by atomic mass is 9.94. The van der Waals surface area contributed by atoms with Gasteiger partial charge in [0.05, 0.1) is 7.11 Å². The first-order valence-corrected chi connectivity index (χ1v) is 14.3. The van der Waals surface area contributed by atoms with Crippen LogP contribution < -0.4 is 10.1 Å². The summed E-state index contributed by atoms with van der Waals surface area (Å²) in [5.74, 6) is -0.170. The number of nitrogens with one attached hydrogen (secondary N) is 1. The highest BCUT2D eigenvalue weighted by Crippen LogP contribution is 2.28. The second-order valence-corrected chi connectivity index (χ2v) is 10.7. The number of benzene rings is 3. The molecule has 5 rings (SSSR count). The van der Waals surface area contributed by atoms with E-state index in [0.717, 1.165) is 32.1 Å². The van der Waals surface area contributed by atoms with Crippen LogP contribution in [0.25, 0.3) is 11.4 Å². The van der Waals surface area contributed by atoms with Gasteiger partial charge in [-0.05, 0) is 71.6 Å². The molecule has 1 atom stereocenters. The zero-order chi connectivity index (χ0) is 29.5. The maximum atomic E-state index is 14.0. The van der Waals surface area contributed by atoms with Gasteiger partial charge in [0, 0.05) is 23.2 Å². The van der Waals surface area contributed by atoms with Gasteiger partial charge in [-0.1, -0.05) is 61.2 Å². The third-order valence-electron chi connectivity index (χ3n) is 7.39. The predicted molar refractivity (Wildman–Crippen MR) is 156 cm³/mol. The summed E-state index contributed by atoms with van der Waals surface area (Å²) in [5, 5.41) is 16.2. The Kier molecular flexibility index (Phi) is 9.43. The normalized spacial score (nSPS) is 14.3. The van der Waals surface area contributed by atoms with Gasteiger partial charge in [0.2, 0.25) is 17.6 Å². The molecule has 1 aliphatic carbocycles.